The average molecular weight is 400 g/mol. The van der Waals surface area contributed by atoms with Crippen molar-refractivity contribution in [2.24, 2.45) is 0 Å². The molecule has 0 spiro atoms. The minimum atomic E-state index is -0.0767. The van der Waals surface area contributed by atoms with Crippen molar-refractivity contribution in [2.75, 3.05) is 45.5 Å². The van der Waals surface area contributed by atoms with Gasteiger partial charge in [0.25, 0.3) is 5.91 Å². The molecule has 0 unspecified atom stereocenters. The van der Waals surface area contributed by atoms with Crippen molar-refractivity contribution >= 4 is 17.7 Å². The Morgan fingerprint density at radius 3 is 2.54 bits per heavy atom. The number of thioether (sulfide) groups is 1. The summed E-state index contributed by atoms with van der Waals surface area (Å²) in [5, 5.41) is 3.74. The molecule has 3 rings (SSSR count). The van der Waals surface area contributed by atoms with Crippen LogP contribution in [-0.4, -0.2) is 71.2 Å². The lowest BCUT2D eigenvalue weighted by atomic mass is 10.2. The predicted molar refractivity (Wildman–Crippen MR) is 114 cm³/mol. The highest BCUT2D eigenvalue weighted by molar-refractivity contribution is 7.98. The van der Waals surface area contributed by atoms with Gasteiger partial charge in [0.05, 0.1) is 11.3 Å². The van der Waals surface area contributed by atoms with E-state index >= 15 is 0 Å². The maximum Gasteiger partial charge on any atom is 0.254 e. The molecular weight excluding hydrogens is 370 g/mol. The summed E-state index contributed by atoms with van der Waals surface area (Å²) in [5.74, 6) is -0.0767. The highest BCUT2D eigenvalue weighted by atomic mass is 32.2. The second kappa shape index (κ2) is 10.5. The zero-order chi connectivity index (χ0) is 19.8. The molecule has 1 saturated heterocycles. The molecule has 0 radical (unpaired) electrons. The minimum absolute atomic E-state index is 0.0767. The first-order valence-electron chi connectivity index (χ1n) is 9.86. The van der Waals surface area contributed by atoms with Crippen LogP contribution in [0.1, 0.15) is 28.5 Å². The number of carbonyl (C=O) groups is 1. The van der Waals surface area contributed by atoms with Crippen molar-refractivity contribution in [3.8, 4) is 0 Å². The Kier molecular flexibility index (Phi) is 7.82. The summed E-state index contributed by atoms with van der Waals surface area (Å²) in [4.78, 5) is 26.1. The van der Waals surface area contributed by atoms with Gasteiger partial charge in [-0.1, -0.05) is 49.0 Å². The van der Waals surface area contributed by atoms with E-state index in [1.165, 1.54) is 17.3 Å². The number of piperazine rings is 1. The third kappa shape index (κ3) is 5.77. The highest BCUT2D eigenvalue weighted by Gasteiger charge is 2.18. The summed E-state index contributed by atoms with van der Waals surface area (Å²) in [6.45, 7) is 8.74. The van der Waals surface area contributed by atoms with Crippen LogP contribution >= 0.6 is 11.8 Å². The normalized spacial score (nSPS) is 15.5. The Morgan fingerprint density at radius 2 is 1.86 bits per heavy atom. The van der Waals surface area contributed by atoms with Gasteiger partial charge in [-0.3, -0.25) is 14.6 Å². The zero-order valence-corrected chi connectivity index (χ0v) is 17.5. The Balaban J connectivity index is 1.40. The number of aromatic nitrogens is 2. The summed E-state index contributed by atoms with van der Waals surface area (Å²) in [6.07, 6.45) is 4.31. The molecule has 0 bridgehead atoms. The molecule has 1 fully saturated rings. The van der Waals surface area contributed by atoms with Gasteiger partial charge in [0.2, 0.25) is 0 Å². The smallest absolute Gasteiger partial charge is 0.254 e. The molecule has 6 nitrogen and oxygen atoms in total. The molecule has 0 saturated carbocycles. The third-order valence-electron chi connectivity index (χ3n) is 5.04. The van der Waals surface area contributed by atoms with Crippen LogP contribution in [-0.2, 0) is 13.0 Å². The van der Waals surface area contributed by atoms with Crippen LogP contribution in [0.25, 0.3) is 0 Å². The van der Waals surface area contributed by atoms with E-state index in [1.54, 1.807) is 6.20 Å². The fraction of sp³-hybridized carbons (Fsp3) is 0.476. The second-order valence-electron chi connectivity index (χ2n) is 6.93. The largest absolute Gasteiger partial charge is 0.351 e. The lowest BCUT2D eigenvalue weighted by Crippen LogP contribution is -2.48. The lowest BCUT2D eigenvalue weighted by molar-refractivity contribution is 0.0932. The third-order valence-corrected chi connectivity index (χ3v) is 5.60. The van der Waals surface area contributed by atoms with Crippen molar-refractivity contribution in [1.29, 1.82) is 0 Å². The van der Waals surface area contributed by atoms with Crippen molar-refractivity contribution in [3.05, 3.63) is 53.3 Å². The zero-order valence-electron chi connectivity index (χ0n) is 16.7. The van der Waals surface area contributed by atoms with Crippen LogP contribution < -0.4 is 5.32 Å². The number of hydrogen-bond acceptors (Lipinski definition) is 6. The van der Waals surface area contributed by atoms with Crippen LogP contribution in [0.4, 0.5) is 0 Å². The van der Waals surface area contributed by atoms with Crippen LogP contribution in [0.5, 0.6) is 0 Å². The SMILES string of the molecule is CCc1nc(SC)ncc1C(=O)NCCN1CCN(Cc2ccccc2)CC1. The number of benzene rings is 1. The molecule has 150 valence electrons. The molecule has 2 aromatic rings. The maximum absolute atomic E-state index is 12.5. The van der Waals surface area contributed by atoms with Crippen molar-refractivity contribution < 1.29 is 4.79 Å². The Bertz CT molecular complexity index is 763. The molecule has 7 heteroatoms. The van der Waals surface area contributed by atoms with Gasteiger partial charge in [0, 0.05) is 52.0 Å². The summed E-state index contributed by atoms with van der Waals surface area (Å²) < 4.78 is 0. The standard InChI is InChI=1S/C21H29N5OS/c1-3-19-18(15-23-21(24-19)28-2)20(27)22-9-10-25-11-13-26(14-12-25)16-17-7-5-4-6-8-17/h4-8,15H,3,9-14,16H2,1-2H3,(H,22,27). The molecule has 0 aliphatic carbocycles. The first kappa shape index (κ1) is 20.8. The summed E-state index contributed by atoms with van der Waals surface area (Å²) in [6, 6.07) is 10.6. The van der Waals surface area contributed by atoms with E-state index in [9.17, 15) is 4.79 Å². The minimum Gasteiger partial charge on any atom is -0.351 e. The van der Waals surface area contributed by atoms with Gasteiger partial charge >= 0.3 is 0 Å². The topological polar surface area (TPSA) is 61.4 Å². The Hall–Kier alpha value is -1.96. The number of carbonyl (C=O) groups excluding carboxylic acids is 1. The van der Waals surface area contributed by atoms with E-state index in [-0.39, 0.29) is 5.91 Å². The molecule has 28 heavy (non-hydrogen) atoms. The molecule has 1 aliphatic heterocycles. The van der Waals surface area contributed by atoms with Crippen LogP contribution in [0.2, 0.25) is 0 Å². The van der Waals surface area contributed by atoms with Gasteiger partial charge in [0.1, 0.15) is 0 Å². The summed E-state index contributed by atoms with van der Waals surface area (Å²) in [7, 11) is 0. The number of nitrogens with zero attached hydrogens (tertiary/aromatic N) is 4. The molecule has 1 aromatic heterocycles. The number of hydrogen-bond donors (Lipinski definition) is 1. The quantitative estimate of drug-likeness (QED) is 0.543. The number of amides is 1. The van der Waals surface area contributed by atoms with E-state index < -0.39 is 0 Å². The van der Waals surface area contributed by atoms with Gasteiger partial charge in [-0.15, -0.1) is 0 Å². The predicted octanol–water partition coefficient (Wildman–Crippen LogP) is 2.31. The molecule has 1 N–H and O–H groups in total. The van der Waals surface area contributed by atoms with Gasteiger partial charge in [0.15, 0.2) is 5.16 Å². The summed E-state index contributed by atoms with van der Waals surface area (Å²) in [5.41, 5.74) is 2.77. The van der Waals surface area contributed by atoms with Crippen molar-refractivity contribution in [1.82, 2.24) is 25.1 Å². The number of aryl methyl sites for hydroxylation is 1. The molecule has 2 heterocycles. The first-order chi connectivity index (χ1) is 13.7. The number of nitrogens with one attached hydrogen (secondary N) is 1. The van der Waals surface area contributed by atoms with E-state index in [2.05, 4.69) is 55.4 Å². The van der Waals surface area contributed by atoms with Crippen LogP contribution in [0.15, 0.2) is 41.7 Å². The maximum atomic E-state index is 12.5. The molecular formula is C21H29N5OS. The van der Waals surface area contributed by atoms with Gasteiger partial charge < -0.3 is 5.32 Å². The first-order valence-corrected chi connectivity index (χ1v) is 11.1. The van der Waals surface area contributed by atoms with Gasteiger partial charge in [-0.05, 0) is 18.2 Å². The second-order valence-corrected chi connectivity index (χ2v) is 7.70. The van der Waals surface area contributed by atoms with E-state index in [0.717, 1.165) is 51.4 Å². The molecule has 0 atom stereocenters. The van der Waals surface area contributed by atoms with E-state index in [1.807, 2.05) is 13.2 Å². The van der Waals surface area contributed by atoms with Crippen molar-refractivity contribution in [3.63, 3.8) is 0 Å². The number of rotatable bonds is 8. The summed E-state index contributed by atoms with van der Waals surface area (Å²) >= 11 is 1.49. The molecule has 1 amide bonds. The lowest BCUT2D eigenvalue weighted by Gasteiger charge is -2.34. The highest BCUT2D eigenvalue weighted by Crippen LogP contribution is 2.13. The Labute approximate surface area is 171 Å². The van der Waals surface area contributed by atoms with E-state index in [4.69, 9.17) is 0 Å². The fourth-order valence-electron chi connectivity index (χ4n) is 3.39. The fourth-order valence-corrected chi connectivity index (χ4v) is 3.75. The Morgan fingerprint density at radius 1 is 1.14 bits per heavy atom. The molecule has 1 aromatic carbocycles. The van der Waals surface area contributed by atoms with Crippen LogP contribution in [0, 0.1) is 0 Å². The van der Waals surface area contributed by atoms with Gasteiger partial charge in [-0.25, -0.2) is 9.97 Å². The molecule has 1 aliphatic rings. The van der Waals surface area contributed by atoms with Crippen molar-refractivity contribution in [2.45, 2.75) is 25.0 Å². The average Bonchev–Trinajstić information content (AvgIpc) is 2.75. The van der Waals surface area contributed by atoms with Crippen LogP contribution in [0.3, 0.4) is 0 Å². The monoisotopic (exact) mass is 399 g/mol. The van der Waals surface area contributed by atoms with E-state index in [0.29, 0.717) is 17.3 Å². The van der Waals surface area contributed by atoms with Gasteiger partial charge in [-0.2, -0.15) is 0 Å².